The van der Waals surface area contributed by atoms with Crippen LogP contribution in [0.5, 0.6) is 10.9 Å². The van der Waals surface area contributed by atoms with Crippen molar-refractivity contribution in [2.75, 3.05) is 20.2 Å². The molecule has 0 radical (unpaired) electrons. The van der Waals surface area contributed by atoms with Crippen molar-refractivity contribution < 1.29 is 17.9 Å². The van der Waals surface area contributed by atoms with Gasteiger partial charge >= 0.3 is 0 Å². The minimum Gasteiger partial charge on any atom is -0.497 e. The summed E-state index contributed by atoms with van der Waals surface area (Å²) in [6.07, 6.45) is 2.14. The molecule has 1 fully saturated rings. The molecule has 0 bridgehead atoms. The lowest BCUT2D eigenvalue weighted by atomic mass is 10.1. The van der Waals surface area contributed by atoms with E-state index in [1.807, 2.05) is 30.3 Å². The Balaban J connectivity index is 1.40. The van der Waals surface area contributed by atoms with Crippen LogP contribution in [0.1, 0.15) is 25.3 Å². The smallest absolute Gasteiger partial charge is 0.274 e. The Labute approximate surface area is 175 Å². The number of aryl methyl sites for hydroxylation is 1. The number of hydrogen-bond acceptors (Lipinski definition) is 6. The monoisotopic (exact) mass is 432 g/mol. The van der Waals surface area contributed by atoms with Crippen molar-refractivity contribution in [1.82, 2.24) is 9.29 Å². The van der Waals surface area contributed by atoms with Crippen LogP contribution in [0.2, 0.25) is 0 Å². The number of sulfonamides is 1. The molecular weight excluding hydrogens is 408 g/mol. The van der Waals surface area contributed by atoms with Crippen LogP contribution in [0.4, 0.5) is 0 Å². The van der Waals surface area contributed by atoms with Crippen LogP contribution >= 0.6 is 11.3 Å². The van der Waals surface area contributed by atoms with Gasteiger partial charge in [-0.2, -0.15) is 4.31 Å². The molecule has 3 aromatic rings. The second kappa shape index (κ2) is 8.30. The van der Waals surface area contributed by atoms with Gasteiger partial charge in [-0.15, -0.1) is 0 Å². The summed E-state index contributed by atoms with van der Waals surface area (Å²) >= 11 is 1.50. The van der Waals surface area contributed by atoms with Crippen molar-refractivity contribution in [2.24, 2.45) is 0 Å². The number of fused-ring (bicyclic) bond motifs is 1. The van der Waals surface area contributed by atoms with Gasteiger partial charge < -0.3 is 9.47 Å². The first-order valence-corrected chi connectivity index (χ1v) is 12.0. The zero-order chi connectivity index (χ0) is 20.4. The molecule has 0 amide bonds. The molecule has 1 aromatic heterocycles. The molecule has 2 aromatic carbocycles. The predicted molar refractivity (Wildman–Crippen MR) is 114 cm³/mol. The van der Waals surface area contributed by atoms with E-state index in [0.29, 0.717) is 36.0 Å². The molecule has 154 valence electrons. The molecule has 0 atom stereocenters. The van der Waals surface area contributed by atoms with Gasteiger partial charge in [-0.3, -0.25) is 0 Å². The van der Waals surface area contributed by atoms with Crippen molar-refractivity contribution in [3.63, 3.8) is 0 Å². The van der Waals surface area contributed by atoms with Crippen molar-refractivity contribution in [1.29, 1.82) is 0 Å². The topological polar surface area (TPSA) is 68.7 Å². The fourth-order valence-corrected chi connectivity index (χ4v) is 5.77. The molecule has 8 heteroatoms. The van der Waals surface area contributed by atoms with E-state index < -0.39 is 10.0 Å². The highest BCUT2D eigenvalue weighted by molar-refractivity contribution is 7.89. The number of ether oxygens (including phenoxy) is 2. The molecule has 1 aliphatic heterocycles. The first kappa shape index (κ1) is 20.1. The predicted octanol–water partition coefficient (Wildman–Crippen LogP) is 4.10. The molecule has 0 unspecified atom stereocenters. The van der Waals surface area contributed by atoms with E-state index in [9.17, 15) is 8.42 Å². The molecule has 0 spiro atoms. The van der Waals surface area contributed by atoms with Crippen LogP contribution in [0.15, 0.2) is 47.4 Å². The first-order chi connectivity index (χ1) is 14.0. The van der Waals surface area contributed by atoms with Crippen molar-refractivity contribution >= 4 is 31.6 Å². The molecule has 0 saturated carbocycles. The average Bonchev–Trinajstić information content (AvgIpc) is 3.15. The fraction of sp³-hybridized carbons (Fsp3) is 0.381. The fourth-order valence-electron chi connectivity index (χ4n) is 3.44. The Morgan fingerprint density at radius 1 is 1.14 bits per heavy atom. The van der Waals surface area contributed by atoms with Gasteiger partial charge in [0.25, 0.3) is 5.19 Å². The van der Waals surface area contributed by atoms with E-state index in [-0.39, 0.29) is 6.10 Å². The van der Waals surface area contributed by atoms with Crippen LogP contribution in [0.25, 0.3) is 10.2 Å². The first-order valence-electron chi connectivity index (χ1n) is 9.70. The highest BCUT2D eigenvalue weighted by Crippen LogP contribution is 2.32. The third-order valence-electron chi connectivity index (χ3n) is 5.21. The Kier molecular flexibility index (Phi) is 5.76. The molecule has 1 saturated heterocycles. The second-order valence-electron chi connectivity index (χ2n) is 7.03. The van der Waals surface area contributed by atoms with E-state index >= 15 is 0 Å². The Hall–Kier alpha value is -2.16. The van der Waals surface area contributed by atoms with Crippen molar-refractivity contribution in [3.05, 3.63) is 48.0 Å². The van der Waals surface area contributed by atoms with Gasteiger partial charge in [0, 0.05) is 19.2 Å². The zero-order valence-electron chi connectivity index (χ0n) is 16.5. The van der Waals surface area contributed by atoms with Crippen LogP contribution in [0, 0.1) is 0 Å². The maximum absolute atomic E-state index is 12.9. The summed E-state index contributed by atoms with van der Waals surface area (Å²) in [6.45, 7) is 2.94. The molecule has 0 aliphatic carbocycles. The Bertz CT molecular complexity index is 1090. The van der Waals surface area contributed by atoms with E-state index in [0.717, 1.165) is 28.0 Å². The van der Waals surface area contributed by atoms with Gasteiger partial charge in [-0.1, -0.05) is 30.4 Å². The molecule has 2 heterocycles. The minimum atomic E-state index is -3.46. The lowest BCUT2D eigenvalue weighted by Gasteiger charge is -2.30. The average molecular weight is 433 g/mol. The number of thiazole rings is 1. The number of aromatic nitrogens is 1. The summed E-state index contributed by atoms with van der Waals surface area (Å²) < 4.78 is 39.7. The third-order valence-corrected chi connectivity index (χ3v) is 8.05. The van der Waals surface area contributed by atoms with Crippen molar-refractivity contribution in [3.8, 4) is 10.9 Å². The van der Waals surface area contributed by atoms with Gasteiger partial charge in [-0.05, 0) is 49.1 Å². The zero-order valence-corrected chi connectivity index (χ0v) is 18.1. The summed E-state index contributed by atoms with van der Waals surface area (Å²) in [5, 5.41) is 0.615. The SMILES string of the molecule is CCc1ccc(S(=O)(=O)N2CCC(Oc3nc4cc(OC)ccc4s3)CC2)cc1. The van der Waals surface area contributed by atoms with Crippen molar-refractivity contribution in [2.45, 2.75) is 37.2 Å². The molecule has 6 nitrogen and oxygen atoms in total. The highest BCUT2D eigenvalue weighted by Gasteiger charge is 2.30. The third kappa shape index (κ3) is 4.24. The number of benzene rings is 2. The standard InChI is InChI=1S/C21H24N2O4S2/c1-3-15-4-7-18(8-5-15)29(24,25)23-12-10-16(11-13-23)27-21-22-19-14-17(26-2)6-9-20(19)28-21/h4-9,14,16H,3,10-13H2,1-2H3. The van der Waals surface area contributed by atoms with Crippen LogP contribution in [-0.2, 0) is 16.4 Å². The van der Waals surface area contributed by atoms with E-state index in [1.54, 1.807) is 23.5 Å². The summed E-state index contributed by atoms with van der Waals surface area (Å²) in [6, 6.07) is 12.9. The minimum absolute atomic E-state index is 0.0358. The highest BCUT2D eigenvalue weighted by atomic mass is 32.2. The summed E-state index contributed by atoms with van der Waals surface area (Å²) in [4.78, 5) is 4.89. The molecule has 0 N–H and O–H groups in total. The molecule has 1 aliphatic rings. The van der Waals surface area contributed by atoms with Gasteiger partial charge in [0.05, 0.1) is 22.2 Å². The summed E-state index contributed by atoms with van der Waals surface area (Å²) in [5.74, 6) is 0.764. The van der Waals surface area contributed by atoms with Gasteiger partial charge in [0.1, 0.15) is 11.9 Å². The number of hydrogen-bond donors (Lipinski definition) is 0. The molecule has 29 heavy (non-hydrogen) atoms. The van der Waals surface area contributed by atoms with Crippen LogP contribution in [0.3, 0.4) is 0 Å². The molecule has 4 rings (SSSR count). The maximum atomic E-state index is 12.9. The largest absolute Gasteiger partial charge is 0.497 e. The number of nitrogens with zero attached hydrogens (tertiary/aromatic N) is 2. The van der Waals surface area contributed by atoms with Gasteiger partial charge in [0.2, 0.25) is 10.0 Å². The lowest BCUT2D eigenvalue weighted by molar-refractivity contribution is 0.135. The normalized spacial score (nSPS) is 16.2. The quantitative estimate of drug-likeness (QED) is 0.587. The second-order valence-corrected chi connectivity index (χ2v) is 9.96. The van der Waals surface area contributed by atoms with Crippen LogP contribution in [-0.4, -0.2) is 44.0 Å². The molecular formula is C21H24N2O4S2. The summed E-state index contributed by atoms with van der Waals surface area (Å²) in [5.41, 5.74) is 1.98. The lowest BCUT2D eigenvalue weighted by Crippen LogP contribution is -2.41. The summed E-state index contributed by atoms with van der Waals surface area (Å²) in [7, 11) is -1.83. The van der Waals surface area contributed by atoms with Crippen LogP contribution < -0.4 is 9.47 Å². The number of rotatable bonds is 6. The number of piperidine rings is 1. The maximum Gasteiger partial charge on any atom is 0.274 e. The van der Waals surface area contributed by atoms with E-state index in [1.165, 1.54) is 11.3 Å². The number of methoxy groups -OCH3 is 1. The van der Waals surface area contributed by atoms with E-state index in [2.05, 4.69) is 11.9 Å². The van der Waals surface area contributed by atoms with Gasteiger partial charge in [-0.25, -0.2) is 13.4 Å². The Morgan fingerprint density at radius 3 is 2.52 bits per heavy atom. The Morgan fingerprint density at radius 2 is 1.86 bits per heavy atom. The van der Waals surface area contributed by atoms with Gasteiger partial charge in [0.15, 0.2) is 0 Å². The van der Waals surface area contributed by atoms with E-state index in [4.69, 9.17) is 9.47 Å².